The van der Waals surface area contributed by atoms with E-state index in [1.807, 2.05) is 0 Å². The van der Waals surface area contributed by atoms with Crippen LogP contribution >= 0.6 is 0 Å². The van der Waals surface area contributed by atoms with E-state index in [2.05, 4.69) is 10.2 Å². The summed E-state index contributed by atoms with van der Waals surface area (Å²) < 4.78 is 48.9. The highest BCUT2D eigenvalue weighted by Crippen LogP contribution is 2.15. The van der Waals surface area contributed by atoms with Gasteiger partial charge in [-0.3, -0.25) is 14.5 Å². The third-order valence-corrected chi connectivity index (χ3v) is 4.08. The number of hydrogen-bond donors (Lipinski definition) is 2. The number of nitrogens with one attached hydrogen (secondary N) is 2. The van der Waals surface area contributed by atoms with E-state index in [0.717, 1.165) is 18.7 Å². The quantitative estimate of drug-likeness (QED) is 0.590. The summed E-state index contributed by atoms with van der Waals surface area (Å²) in [5.74, 6) is -1.82. The third-order valence-electron chi connectivity index (χ3n) is 4.08. The molecule has 0 unspecified atom stereocenters. The summed E-state index contributed by atoms with van der Waals surface area (Å²) in [5, 5.41) is 4.35. The van der Waals surface area contributed by atoms with Crippen molar-refractivity contribution in [3.63, 3.8) is 0 Å². The summed E-state index contributed by atoms with van der Waals surface area (Å²) in [6.07, 6.45) is -3.76. The summed E-state index contributed by atoms with van der Waals surface area (Å²) in [4.78, 5) is 25.2. The highest BCUT2D eigenvalue weighted by molar-refractivity contribution is 5.96. The first-order valence-electron chi connectivity index (χ1n) is 8.31. The van der Waals surface area contributed by atoms with E-state index >= 15 is 0 Å². The summed E-state index contributed by atoms with van der Waals surface area (Å²) in [6, 6.07) is 6.16. The lowest BCUT2D eigenvalue weighted by molar-refractivity contribution is -0.140. The van der Waals surface area contributed by atoms with Gasteiger partial charge in [-0.25, -0.2) is 4.39 Å². The van der Waals surface area contributed by atoms with Gasteiger partial charge in [0.05, 0.1) is 0 Å². The topological polar surface area (TPSA) is 61.4 Å². The molecule has 1 aliphatic heterocycles. The van der Waals surface area contributed by atoms with Gasteiger partial charge in [0.2, 0.25) is 11.8 Å². The van der Waals surface area contributed by atoms with Gasteiger partial charge in [0.1, 0.15) is 18.8 Å². The Kier molecular flexibility index (Phi) is 6.96. The van der Waals surface area contributed by atoms with Crippen LogP contribution in [0, 0.1) is 5.82 Å². The van der Waals surface area contributed by atoms with Crippen molar-refractivity contribution in [1.82, 2.24) is 15.5 Å². The number of carbonyl (C=O) groups excluding carboxylic acids is 2. The molecule has 0 aromatic heterocycles. The first-order chi connectivity index (χ1) is 12.2. The van der Waals surface area contributed by atoms with Crippen molar-refractivity contribution in [2.24, 2.45) is 0 Å². The Morgan fingerprint density at radius 1 is 1.08 bits per heavy atom. The maximum absolute atomic E-state index is 12.9. The smallest absolute Gasteiger partial charge is 0.353 e. The van der Waals surface area contributed by atoms with E-state index in [4.69, 9.17) is 0 Å². The van der Waals surface area contributed by atoms with Gasteiger partial charge in [-0.1, -0.05) is 12.1 Å². The van der Waals surface area contributed by atoms with Crippen molar-refractivity contribution >= 4 is 11.8 Å². The minimum Gasteiger partial charge on any atom is -0.353 e. The Balaban J connectivity index is 1.67. The second-order valence-corrected chi connectivity index (χ2v) is 6.31. The van der Waals surface area contributed by atoms with E-state index in [0.29, 0.717) is 19.4 Å². The SMILES string of the molecule is O=C(CC(=O)NC1CCN(Cc2ccc(F)cc2)CC1)NCC(F)(F)F. The number of likely N-dealkylation sites (tertiary alicyclic amines) is 1. The van der Waals surface area contributed by atoms with Crippen molar-refractivity contribution in [2.75, 3.05) is 19.6 Å². The molecule has 2 rings (SSSR count). The van der Waals surface area contributed by atoms with Gasteiger partial charge in [0.25, 0.3) is 0 Å². The Hall–Kier alpha value is -2.16. The second kappa shape index (κ2) is 8.98. The number of carbonyl (C=O) groups is 2. The van der Waals surface area contributed by atoms with E-state index in [-0.39, 0.29) is 11.9 Å². The van der Waals surface area contributed by atoms with Gasteiger partial charge in [-0.2, -0.15) is 13.2 Å². The second-order valence-electron chi connectivity index (χ2n) is 6.31. The number of nitrogens with zero attached hydrogens (tertiary/aromatic N) is 1. The Bertz CT molecular complexity index is 611. The first kappa shape index (κ1) is 20.2. The molecular formula is C17H21F4N3O2. The molecule has 1 aliphatic rings. The fourth-order valence-corrected chi connectivity index (χ4v) is 2.77. The predicted octanol–water partition coefficient (Wildman–Crippen LogP) is 1.97. The van der Waals surface area contributed by atoms with Gasteiger partial charge in [-0.05, 0) is 30.5 Å². The van der Waals surface area contributed by atoms with Crippen LogP contribution in [0.2, 0.25) is 0 Å². The van der Waals surface area contributed by atoms with E-state index in [9.17, 15) is 27.2 Å². The lowest BCUT2D eigenvalue weighted by Crippen LogP contribution is -2.45. The zero-order chi connectivity index (χ0) is 19.2. The fourth-order valence-electron chi connectivity index (χ4n) is 2.77. The molecular weight excluding hydrogens is 354 g/mol. The summed E-state index contributed by atoms with van der Waals surface area (Å²) in [7, 11) is 0. The normalized spacial score (nSPS) is 16.3. The number of amides is 2. The minimum atomic E-state index is -4.50. The molecule has 0 saturated carbocycles. The standard InChI is InChI=1S/C17H21F4N3O2/c18-13-3-1-12(2-4-13)10-24-7-5-14(6-8-24)23-16(26)9-15(25)22-11-17(19,20)21/h1-4,14H,5-11H2,(H,22,25)(H,23,26). The molecule has 1 aromatic carbocycles. The molecule has 9 heteroatoms. The highest BCUT2D eigenvalue weighted by Gasteiger charge is 2.28. The van der Waals surface area contributed by atoms with E-state index < -0.39 is 31.0 Å². The zero-order valence-electron chi connectivity index (χ0n) is 14.1. The van der Waals surface area contributed by atoms with Gasteiger partial charge in [0, 0.05) is 25.7 Å². The Morgan fingerprint density at radius 2 is 1.69 bits per heavy atom. The van der Waals surface area contributed by atoms with Crippen LogP contribution in [0.3, 0.4) is 0 Å². The van der Waals surface area contributed by atoms with E-state index in [1.54, 1.807) is 17.4 Å². The molecule has 0 spiro atoms. The molecule has 0 bridgehead atoms. The molecule has 1 fully saturated rings. The highest BCUT2D eigenvalue weighted by atomic mass is 19.4. The number of benzene rings is 1. The van der Waals surface area contributed by atoms with Crippen LogP contribution in [0.4, 0.5) is 17.6 Å². The van der Waals surface area contributed by atoms with Gasteiger partial charge < -0.3 is 10.6 Å². The largest absolute Gasteiger partial charge is 0.405 e. The first-order valence-corrected chi connectivity index (χ1v) is 8.31. The van der Waals surface area contributed by atoms with Crippen LogP contribution in [0.5, 0.6) is 0 Å². The van der Waals surface area contributed by atoms with Crippen LogP contribution in [0.1, 0.15) is 24.8 Å². The third kappa shape index (κ3) is 7.38. The molecule has 0 aliphatic carbocycles. The lowest BCUT2D eigenvalue weighted by atomic mass is 10.0. The molecule has 0 atom stereocenters. The maximum atomic E-state index is 12.9. The summed E-state index contributed by atoms with van der Waals surface area (Å²) >= 11 is 0. The van der Waals surface area contributed by atoms with Crippen molar-refractivity contribution < 1.29 is 27.2 Å². The maximum Gasteiger partial charge on any atom is 0.405 e. The molecule has 144 valence electrons. The van der Waals surface area contributed by atoms with Gasteiger partial charge in [-0.15, -0.1) is 0 Å². The Morgan fingerprint density at radius 3 is 2.27 bits per heavy atom. The average molecular weight is 375 g/mol. The minimum absolute atomic E-state index is 0.109. The molecule has 1 aromatic rings. The van der Waals surface area contributed by atoms with Crippen LogP contribution < -0.4 is 10.6 Å². The molecule has 26 heavy (non-hydrogen) atoms. The molecule has 1 saturated heterocycles. The zero-order valence-corrected chi connectivity index (χ0v) is 14.1. The number of halogens is 4. The Labute approximate surface area is 148 Å². The van der Waals surface area contributed by atoms with Crippen molar-refractivity contribution in [1.29, 1.82) is 0 Å². The van der Waals surface area contributed by atoms with Crippen LogP contribution in [-0.2, 0) is 16.1 Å². The summed E-state index contributed by atoms with van der Waals surface area (Å²) in [5.41, 5.74) is 0.996. The number of alkyl halides is 3. The molecule has 2 amide bonds. The number of piperidine rings is 1. The predicted molar refractivity (Wildman–Crippen MR) is 86.5 cm³/mol. The van der Waals surface area contributed by atoms with Crippen molar-refractivity contribution in [3.05, 3.63) is 35.6 Å². The van der Waals surface area contributed by atoms with E-state index in [1.165, 1.54) is 12.1 Å². The lowest BCUT2D eigenvalue weighted by Gasteiger charge is -2.32. The van der Waals surface area contributed by atoms with Gasteiger partial charge in [0.15, 0.2) is 0 Å². The van der Waals surface area contributed by atoms with Crippen LogP contribution in [-0.4, -0.2) is 48.6 Å². The fraction of sp³-hybridized carbons (Fsp3) is 0.529. The van der Waals surface area contributed by atoms with Crippen LogP contribution in [0.15, 0.2) is 24.3 Å². The monoisotopic (exact) mass is 375 g/mol. The number of rotatable bonds is 6. The average Bonchev–Trinajstić information content (AvgIpc) is 2.56. The molecule has 1 heterocycles. The van der Waals surface area contributed by atoms with Crippen molar-refractivity contribution in [3.8, 4) is 0 Å². The van der Waals surface area contributed by atoms with Crippen molar-refractivity contribution in [2.45, 2.75) is 38.0 Å². The summed E-state index contributed by atoms with van der Waals surface area (Å²) in [6.45, 7) is 0.687. The molecule has 2 N–H and O–H groups in total. The number of hydrogen-bond acceptors (Lipinski definition) is 3. The molecule has 5 nitrogen and oxygen atoms in total. The molecule has 0 radical (unpaired) electrons. The van der Waals surface area contributed by atoms with Gasteiger partial charge >= 0.3 is 6.18 Å². The van der Waals surface area contributed by atoms with Crippen LogP contribution in [0.25, 0.3) is 0 Å².